The van der Waals surface area contributed by atoms with Gasteiger partial charge in [0.05, 0.1) is 16.3 Å². The normalized spacial score (nSPS) is 12.0. The van der Waals surface area contributed by atoms with Gasteiger partial charge in [-0.1, -0.05) is 48.0 Å². The van der Waals surface area contributed by atoms with E-state index in [0.717, 1.165) is 12.1 Å². The first-order valence-electron chi connectivity index (χ1n) is 9.50. The lowest BCUT2D eigenvalue weighted by atomic mass is 10.1. The summed E-state index contributed by atoms with van der Waals surface area (Å²) in [6.45, 7) is 1.35. The minimum Gasteiger partial charge on any atom is -0.370 e. The number of hydrogen-bond acceptors (Lipinski definition) is 3. The molecule has 1 atom stereocenters. The number of alkyl halides is 3. The number of nitrogens with one attached hydrogen (secondary N) is 3. The molecule has 0 saturated carbocycles. The first-order chi connectivity index (χ1) is 15.1. The van der Waals surface area contributed by atoms with Gasteiger partial charge in [0, 0.05) is 18.3 Å². The number of hydrogen-bond donors (Lipinski definition) is 3. The molecule has 0 radical (unpaired) electrons. The van der Waals surface area contributed by atoms with Crippen molar-refractivity contribution in [2.24, 2.45) is 0 Å². The van der Waals surface area contributed by atoms with Crippen molar-refractivity contribution in [3.63, 3.8) is 0 Å². The molecule has 166 valence electrons. The van der Waals surface area contributed by atoms with E-state index in [9.17, 15) is 22.8 Å². The largest absolute Gasteiger partial charge is 0.416 e. The van der Waals surface area contributed by atoms with Crippen LogP contribution >= 0.6 is 11.6 Å². The Morgan fingerprint density at radius 2 is 1.59 bits per heavy atom. The molecule has 3 N–H and O–H groups in total. The molecule has 0 aliphatic heterocycles. The second-order valence-corrected chi connectivity index (χ2v) is 7.34. The molecule has 0 aliphatic rings. The summed E-state index contributed by atoms with van der Waals surface area (Å²) in [6.07, 6.45) is -4.52. The molecule has 2 amide bonds. The maximum absolute atomic E-state index is 13.0. The highest BCUT2D eigenvalue weighted by Gasteiger charge is 2.31. The van der Waals surface area contributed by atoms with E-state index in [1.165, 1.54) is 19.1 Å². The molecule has 0 saturated heterocycles. The number of amides is 2. The molecule has 3 aromatic rings. The van der Waals surface area contributed by atoms with Gasteiger partial charge in [-0.05, 0) is 42.0 Å². The number of halogens is 4. The summed E-state index contributed by atoms with van der Waals surface area (Å²) in [5, 5.41) is 8.43. The average molecular weight is 462 g/mol. The van der Waals surface area contributed by atoms with Gasteiger partial charge in [0.1, 0.15) is 6.04 Å². The zero-order valence-electron chi connectivity index (χ0n) is 16.8. The Morgan fingerprint density at radius 3 is 2.22 bits per heavy atom. The molecular weight excluding hydrogens is 443 g/mol. The van der Waals surface area contributed by atoms with Gasteiger partial charge < -0.3 is 16.0 Å². The van der Waals surface area contributed by atoms with Crippen molar-refractivity contribution in [3.05, 3.63) is 88.9 Å². The third kappa shape index (κ3) is 6.01. The van der Waals surface area contributed by atoms with Crippen LogP contribution in [0.15, 0.2) is 72.8 Å². The highest BCUT2D eigenvalue weighted by Crippen LogP contribution is 2.32. The van der Waals surface area contributed by atoms with E-state index >= 15 is 0 Å². The van der Waals surface area contributed by atoms with E-state index in [1.807, 2.05) is 0 Å². The topological polar surface area (TPSA) is 70.2 Å². The maximum Gasteiger partial charge on any atom is 0.416 e. The Hall–Kier alpha value is -3.52. The van der Waals surface area contributed by atoms with Crippen LogP contribution in [0.5, 0.6) is 0 Å². The van der Waals surface area contributed by atoms with E-state index in [-0.39, 0.29) is 16.6 Å². The first-order valence-corrected chi connectivity index (χ1v) is 9.88. The van der Waals surface area contributed by atoms with Gasteiger partial charge in [0.15, 0.2) is 0 Å². The van der Waals surface area contributed by atoms with Crippen LogP contribution in [-0.4, -0.2) is 11.8 Å². The monoisotopic (exact) mass is 461 g/mol. The lowest BCUT2D eigenvalue weighted by molar-refractivity contribution is -0.137. The van der Waals surface area contributed by atoms with Crippen molar-refractivity contribution >= 4 is 40.5 Å². The Bertz CT molecular complexity index is 1120. The molecule has 0 aliphatic carbocycles. The van der Waals surface area contributed by atoms with Crippen LogP contribution in [0.2, 0.25) is 5.02 Å². The predicted octanol–water partition coefficient (Wildman–Crippen LogP) is 6.11. The third-order valence-corrected chi connectivity index (χ3v) is 4.76. The van der Waals surface area contributed by atoms with Crippen LogP contribution in [0, 0.1) is 0 Å². The van der Waals surface area contributed by atoms with Gasteiger partial charge in [-0.2, -0.15) is 13.2 Å². The summed E-state index contributed by atoms with van der Waals surface area (Å²) >= 11 is 6.21. The summed E-state index contributed by atoms with van der Waals surface area (Å²) in [4.78, 5) is 24.3. The number of carbonyl (C=O) groups excluding carboxylic acids is 2. The molecule has 0 bridgehead atoms. The number of anilines is 3. The molecule has 3 rings (SSSR count). The van der Waals surface area contributed by atoms with Crippen LogP contribution in [-0.2, 0) is 15.8 Å². The fraction of sp³-hybridized carbons (Fsp3) is 0.130. The smallest absolute Gasteiger partial charge is 0.370 e. The van der Waals surface area contributed by atoms with Crippen LogP contribution in [0.3, 0.4) is 0 Å². The second kappa shape index (κ2) is 9.74. The van der Waals surface area contributed by atoms with Crippen molar-refractivity contribution in [3.8, 4) is 0 Å². The van der Waals surface area contributed by atoms with Crippen molar-refractivity contribution < 1.29 is 22.8 Å². The van der Waals surface area contributed by atoms with E-state index in [0.29, 0.717) is 16.9 Å². The first kappa shape index (κ1) is 23.1. The lowest BCUT2D eigenvalue weighted by Crippen LogP contribution is -2.27. The molecule has 9 heteroatoms. The minimum absolute atomic E-state index is 0.0200. The van der Waals surface area contributed by atoms with Crippen molar-refractivity contribution in [1.82, 2.24) is 0 Å². The molecule has 1 unspecified atom stereocenters. The highest BCUT2D eigenvalue weighted by molar-refractivity contribution is 6.34. The van der Waals surface area contributed by atoms with Crippen molar-refractivity contribution in [2.45, 2.75) is 19.1 Å². The van der Waals surface area contributed by atoms with Gasteiger partial charge in [0.25, 0.3) is 5.91 Å². The van der Waals surface area contributed by atoms with Gasteiger partial charge >= 0.3 is 6.18 Å². The fourth-order valence-electron chi connectivity index (χ4n) is 3.00. The van der Waals surface area contributed by atoms with Gasteiger partial charge in [-0.15, -0.1) is 0 Å². The molecule has 0 aromatic heterocycles. The van der Waals surface area contributed by atoms with Crippen LogP contribution in [0.1, 0.15) is 24.1 Å². The third-order valence-electron chi connectivity index (χ3n) is 4.44. The fourth-order valence-corrected chi connectivity index (χ4v) is 3.22. The van der Waals surface area contributed by atoms with E-state index in [1.54, 1.807) is 48.5 Å². The SMILES string of the molecule is CC(=O)Nc1ccc(NC(C(=O)Nc2cccc(C(F)(F)F)c2)c2ccccc2)cc1Cl. The summed E-state index contributed by atoms with van der Waals surface area (Å²) in [5.41, 5.74) is 0.650. The van der Waals surface area contributed by atoms with E-state index in [2.05, 4.69) is 16.0 Å². The van der Waals surface area contributed by atoms with E-state index in [4.69, 9.17) is 11.6 Å². The summed E-state index contributed by atoms with van der Waals surface area (Å²) in [5.74, 6) is -0.840. The molecule has 32 heavy (non-hydrogen) atoms. The Balaban J connectivity index is 1.86. The zero-order chi connectivity index (χ0) is 23.3. The van der Waals surface area contributed by atoms with E-state index < -0.39 is 23.7 Å². The van der Waals surface area contributed by atoms with Gasteiger partial charge in [0.2, 0.25) is 5.91 Å². The molecule has 0 fully saturated rings. The van der Waals surface area contributed by atoms with Crippen LogP contribution < -0.4 is 16.0 Å². The Labute approximate surface area is 187 Å². The quantitative estimate of drug-likeness (QED) is 0.415. The van der Waals surface area contributed by atoms with Crippen molar-refractivity contribution in [1.29, 1.82) is 0 Å². The number of carbonyl (C=O) groups is 2. The summed E-state index contributed by atoms with van der Waals surface area (Å²) < 4.78 is 39.0. The molecule has 3 aromatic carbocycles. The summed E-state index contributed by atoms with van der Waals surface area (Å²) in [6, 6.07) is 17.0. The van der Waals surface area contributed by atoms with Crippen molar-refractivity contribution in [2.75, 3.05) is 16.0 Å². The Kier molecular flexibility index (Phi) is 7.05. The lowest BCUT2D eigenvalue weighted by Gasteiger charge is -2.21. The molecular formula is C23H19ClF3N3O2. The zero-order valence-corrected chi connectivity index (χ0v) is 17.6. The van der Waals surface area contributed by atoms with Gasteiger partial charge in [-0.25, -0.2) is 0 Å². The standard InChI is InChI=1S/C23H19ClF3N3O2/c1-14(31)28-20-11-10-18(13-19(20)24)29-21(15-6-3-2-4-7-15)22(32)30-17-9-5-8-16(12-17)23(25,26)27/h2-13,21,29H,1H3,(H,28,31)(H,30,32). The minimum atomic E-state index is -4.52. The van der Waals surface area contributed by atoms with Crippen LogP contribution in [0.25, 0.3) is 0 Å². The van der Waals surface area contributed by atoms with Crippen LogP contribution in [0.4, 0.5) is 30.2 Å². The Morgan fingerprint density at radius 1 is 0.875 bits per heavy atom. The summed E-state index contributed by atoms with van der Waals surface area (Å²) in [7, 11) is 0. The number of benzene rings is 3. The molecule has 0 spiro atoms. The number of rotatable bonds is 6. The highest BCUT2D eigenvalue weighted by atomic mass is 35.5. The molecule has 0 heterocycles. The maximum atomic E-state index is 13.0. The van der Waals surface area contributed by atoms with Gasteiger partial charge in [-0.3, -0.25) is 9.59 Å². The predicted molar refractivity (Wildman–Crippen MR) is 119 cm³/mol. The second-order valence-electron chi connectivity index (χ2n) is 6.93. The average Bonchev–Trinajstić information content (AvgIpc) is 2.73. The molecule has 5 nitrogen and oxygen atoms in total.